The summed E-state index contributed by atoms with van der Waals surface area (Å²) in [6, 6.07) is 6.37. The second-order valence-electron chi connectivity index (χ2n) is 2.61. The van der Waals surface area contributed by atoms with Crippen LogP contribution in [0.2, 0.25) is 5.02 Å². The van der Waals surface area contributed by atoms with E-state index in [0.29, 0.717) is 10.6 Å². The molecule has 0 fully saturated rings. The van der Waals surface area contributed by atoms with Crippen LogP contribution in [0.3, 0.4) is 0 Å². The van der Waals surface area contributed by atoms with Crippen molar-refractivity contribution in [1.82, 2.24) is 0 Å². The Morgan fingerprint density at radius 1 is 1.14 bits per heavy atom. The second-order valence-corrected chi connectivity index (χ2v) is 3.04. The van der Waals surface area contributed by atoms with Crippen molar-refractivity contribution in [3.63, 3.8) is 0 Å². The van der Waals surface area contributed by atoms with Gasteiger partial charge in [-0.05, 0) is 30.3 Å². The first-order chi connectivity index (χ1) is 6.59. The molecule has 0 aliphatic heterocycles. The molecule has 1 rings (SSSR count). The standard InChI is InChI=1S/C10H8ClNO2/c11-8-3-1-7(2-4-8)9(13)5-6-10(12)14/h1-6H,(H2,12,14)/b6-5+. The highest BCUT2D eigenvalue weighted by atomic mass is 35.5. The predicted octanol–water partition coefficient (Wildman–Crippen LogP) is 1.56. The minimum Gasteiger partial charge on any atom is -0.366 e. The average molecular weight is 210 g/mol. The molecule has 4 heteroatoms. The van der Waals surface area contributed by atoms with E-state index in [9.17, 15) is 9.59 Å². The molecule has 0 spiro atoms. The minimum absolute atomic E-state index is 0.277. The van der Waals surface area contributed by atoms with Crippen molar-refractivity contribution in [3.05, 3.63) is 47.0 Å². The van der Waals surface area contributed by atoms with Crippen molar-refractivity contribution < 1.29 is 9.59 Å². The fourth-order valence-corrected chi connectivity index (χ4v) is 0.994. The van der Waals surface area contributed by atoms with E-state index in [-0.39, 0.29) is 5.78 Å². The molecule has 0 atom stereocenters. The zero-order chi connectivity index (χ0) is 10.6. The van der Waals surface area contributed by atoms with Gasteiger partial charge in [-0.2, -0.15) is 0 Å². The first-order valence-corrected chi connectivity index (χ1v) is 4.25. The Hall–Kier alpha value is -1.61. The maximum absolute atomic E-state index is 11.3. The van der Waals surface area contributed by atoms with Gasteiger partial charge in [0.1, 0.15) is 0 Å². The van der Waals surface area contributed by atoms with Gasteiger partial charge in [-0.1, -0.05) is 11.6 Å². The maximum atomic E-state index is 11.3. The number of nitrogens with two attached hydrogens (primary N) is 1. The molecule has 0 aliphatic rings. The molecule has 2 N–H and O–H groups in total. The van der Waals surface area contributed by atoms with Crippen LogP contribution in [0, 0.1) is 0 Å². The van der Waals surface area contributed by atoms with Gasteiger partial charge in [0.05, 0.1) is 0 Å². The lowest BCUT2D eigenvalue weighted by molar-refractivity contribution is -0.113. The van der Waals surface area contributed by atoms with E-state index in [4.69, 9.17) is 17.3 Å². The summed E-state index contributed by atoms with van der Waals surface area (Å²) in [6.07, 6.45) is 2.16. The van der Waals surface area contributed by atoms with Crippen LogP contribution in [0.5, 0.6) is 0 Å². The van der Waals surface area contributed by atoms with Crippen LogP contribution in [0.15, 0.2) is 36.4 Å². The number of ketones is 1. The van der Waals surface area contributed by atoms with E-state index in [2.05, 4.69) is 0 Å². The van der Waals surface area contributed by atoms with Crippen LogP contribution in [0.1, 0.15) is 10.4 Å². The first-order valence-electron chi connectivity index (χ1n) is 3.87. The van der Waals surface area contributed by atoms with Crippen molar-refractivity contribution in [1.29, 1.82) is 0 Å². The summed E-state index contributed by atoms with van der Waals surface area (Å²) in [5.74, 6) is -0.923. The van der Waals surface area contributed by atoms with Crippen molar-refractivity contribution >= 4 is 23.3 Å². The number of benzene rings is 1. The predicted molar refractivity (Wildman–Crippen MR) is 54.1 cm³/mol. The number of amides is 1. The third-order valence-corrected chi connectivity index (χ3v) is 1.78. The van der Waals surface area contributed by atoms with Crippen LogP contribution in [-0.4, -0.2) is 11.7 Å². The lowest BCUT2D eigenvalue weighted by Gasteiger charge is -1.94. The quantitative estimate of drug-likeness (QED) is 0.607. The number of carbonyl (C=O) groups is 2. The summed E-state index contributed by atoms with van der Waals surface area (Å²) < 4.78 is 0. The largest absolute Gasteiger partial charge is 0.366 e. The molecule has 0 bridgehead atoms. The van der Waals surface area contributed by atoms with Crippen molar-refractivity contribution in [2.45, 2.75) is 0 Å². The fraction of sp³-hybridized carbons (Fsp3) is 0. The van der Waals surface area contributed by atoms with Crippen LogP contribution in [-0.2, 0) is 4.79 Å². The highest BCUT2D eigenvalue weighted by molar-refractivity contribution is 6.30. The monoisotopic (exact) mass is 209 g/mol. The molecule has 1 aromatic rings. The summed E-state index contributed by atoms with van der Waals surface area (Å²) in [6.45, 7) is 0. The number of hydrogen-bond acceptors (Lipinski definition) is 2. The number of halogens is 1. The number of carbonyl (C=O) groups excluding carboxylic acids is 2. The van der Waals surface area contributed by atoms with Gasteiger partial charge in [0, 0.05) is 16.7 Å². The number of hydrogen-bond donors (Lipinski definition) is 1. The molecule has 1 amide bonds. The molecule has 0 aromatic heterocycles. The third kappa shape index (κ3) is 3.03. The number of rotatable bonds is 3. The molecule has 0 radical (unpaired) electrons. The Bertz CT molecular complexity index is 382. The molecule has 72 valence electrons. The summed E-state index contributed by atoms with van der Waals surface area (Å²) >= 11 is 5.64. The van der Waals surface area contributed by atoms with E-state index in [1.54, 1.807) is 24.3 Å². The smallest absolute Gasteiger partial charge is 0.241 e. The number of primary amides is 1. The Labute approximate surface area is 86.2 Å². The zero-order valence-corrected chi connectivity index (χ0v) is 7.99. The average Bonchev–Trinajstić information content (AvgIpc) is 2.15. The Kier molecular flexibility index (Phi) is 3.42. The molecule has 0 aliphatic carbocycles. The molecule has 0 heterocycles. The van der Waals surface area contributed by atoms with E-state index in [0.717, 1.165) is 12.2 Å². The van der Waals surface area contributed by atoms with Crippen molar-refractivity contribution in [2.24, 2.45) is 5.73 Å². The molecule has 1 aromatic carbocycles. The van der Waals surface area contributed by atoms with Gasteiger partial charge in [-0.3, -0.25) is 9.59 Å². The van der Waals surface area contributed by atoms with Crippen LogP contribution in [0.25, 0.3) is 0 Å². The molecular weight excluding hydrogens is 202 g/mol. The van der Waals surface area contributed by atoms with E-state index in [1.807, 2.05) is 0 Å². The fourth-order valence-electron chi connectivity index (χ4n) is 0.868. The van der Waals surface area contributed by atoms with Crippen molar-refractivity contribution in [3.8, 4) is 0 Å². The third-order valence-electron chi connectivity index (χ3n) is 1.53. The van der Waals surface area contributed by atoms with E-state index >= 15 is 0 Å². The van der Waals surface area contributed by atoms with Crippen molar-refractivity contribution in [2.75, 3.05) is 0 Å². The SMILES string of the molecule is NC(=O)/C=C/C(=O)c1ccc(Cl)cc1. The maximum Gasteiger partial charge on any atom is 0.241 e. The zero-order valence-electron chi connectivity index (χ0n) is 7.24. The van der Waals surface area contributed by atoms with Crippen LogP contribution < -0.4 is 5.73 Å². The lowest BCUT2D eigenvalue weighted by atomic mass is 10.1. The van der Waals surface area contributed by atoms with Gasteiger partial charge in [0.2, 0.25) is 5.91 Å². The Balaban J connectivity index is 2.80. The molecular formula is C10H8ClNO2. The minimum atomic E-state index is -0.646. The van der Waals surface area contributed by atoms with Gasteiger partial charge < -0.3 is 5.73 Å². The van der Waals surface area contributed by atoms with Gasteiger partial charge in [-0.25, -0.2) is 0 Å². The van der Waals surface area contributed by atoms with E-state index < -0.39 is 5.91 Å². The summed E-state index contributed by atoms with van der Waals surface area (Å²) in [4.78, 5) is 21.7. The van der Waals surface area contributed by atoms with E-state index in [1.165, 1.54) is 0 Å². The van der Waals surface area contributed by atoms with Gasteiger partial charge in [0.25, 0.3) is 0 Å². The lowest BCUT2D eigenvalue weighted by Crippen LogP contribution is -2.06. The van der Waals surface area contributed by atoms with Crippen LogP contribution >= 0.6 is 11.6 Å². The van der Waals surface area contributed by atoms with Gasteiger partial charge in [-0.15, -0.1) is 0 Å². The Morgan fingerprint density at radius 2 is 1.71 bits per heavy atom. The molecule has 14 heavy (non-hydrogen) atoms. The van der Waals surface area contributed by atoms with Gasteiger partial charge in [0.15, 0.2) is 5.78 Å². The molecule has 0 saturated heterocycles. The van der Waals surface area contributed by atoms with Crippen LogP contribution in [0.4, 0.5) is 0 Å². The second kappa shape index (κ2) is 4.58. The normalized spacial score (nSPS) is 10.4. The summed E-state index contributed by atoms with van der Waals surface area (Å²) in [7, 11) is 0. The van der Waals surface area contributed by atoms with Gasteiger partial charge >= 0.3 is 0 Å². The highest BCUT2D eigenvalue weighted by Crippen LogP contribution is 2.10. The molecule has 0 saturated carbocycles. The molecule has 3 nitrogen and oxygen atoms in total. The summed E-state index contributed by atoms with van der Waals surface area (Å²) in [5, 5.41) is 0.556. The summed E-state index contributed by atoms with van der Waals surface area (Å²) in [5.41, 5.74) is 5.31. The molecule has 0 unspecified atom stereocenters. The number of allylic oxidation sites excluding steroid dienone is 1. The topological polar surface area (TPSA) is 60.2 Å². The Morgan fingerprint density at radius 3 is 2.21 bits per heavy atom. The first kappa shape index (κ1) is 10.5. The highest BCUT2D eigenvalue weighted by Gasteiger charge is 2.00.